The van der Waals surface area contributed by atoms with Crippen LogP contribution >= 0.6 is 35.3 Å². The van der Waals surface area contributed by atoms with Gasteiger partial charge in [0.1, 0.15) is 16.7 Å². The summed E-state index contributed by atoms with van der Waals surface area (Å²) in [5.41, 5.74) is 1.11. The van der Waals surface area contributed by atoms with Crippen molar-refractivity contribution in [1.29, 1.82) is 0 Å². The molecule has 0 aliphatic carbocycles. The smallest absolute Gasteiger partial charge is 0.323 e. The number of nitrogens with zero attached hydrogens (tertiary/aromatic N) is 1. The summed E-state index contributed by atoms with van der Waals surface area (Å²) in [6.07, 6.45) is 1.59. The third-order valence-electron chi connectivity index (χ3n) is 3.24. The predicted octanol–water partition coefficient (Wildman–Crippen LogP) is 3.84. The number of thiocarbonyl (C=S) groups is 1. The summed E-state index contributed by atoms with van der Waals surface area (Å²) in [5, 5.41) is 10.7. The summed E-state index contributed by atoms with van der Waals surface area (Å²) in [6, 6.07) is 8.22. The van der Waals surface area contributed by atoms with Crippen LogP contribution in [0.25, 0.3) is 16.5 Å². The lowest BCUT2D eigenvalue weighted by Gasteiger charge is -2.10. The lowest BCUT2D eigenvalue weighted by atomic mass is 10.1. The number of aliphatic carboxylic acids is 1. The molecule has 1 aromatic heterocycles. The lowest BCUT2D eigenvalue weighted by Crippen LogP contribution is -2.33. The first-order chi connectivity index (χ1) is 11.5. The molecule has 1 aliphatic rings. The Hall–Kier alpha value is -2.03. The largest absolute Gasteiger partial charge is 0.480 e. The van der Waals surface area contributed by atoms with E-state index in [-0.39, 0.29) is 10.1 Å². The number of amides is 1. The second-order valence-corrected chi connectivity index (χ2v) is 7.50. The molecular weight excluding hydrogens is 369 g/mol. The van der Waals surface area contributed by atoms with Gasteiger partial charge in [-0.3, -0.25) is 14.5 Å². The molecule has 0 atom stereocenters. The van der Waals surface area contributed by atoms with Gasteiger partial charge in [-0.05, 0) is 35.2 Å². The molecule has 1 amide bonds. The van der Waals surface area contributed by atoms with Gasteiger partial charge in [-0.25, -0.2) is 4.39 Å². The van der Waals surface area contributed by atoms with E-state index in [0.29, 0.717) is 16.0 Å². The third kappa shape index (κ3) is 3.40. The number of thiophene rings is 1. The van der Waals surface area contributed by atoms with Crippen LogP contribution in [0.15, 0.2) is 40.6 Å². The number of thioether (sulfide) groups is 1. The molecule has 4 nitrogen and oxygen atoms in total. The molecule has 0 saturated carbocycles. The maximum absolute atomic E-state index is 14.0. The molecule has 24 heavy (non-hydrogen) atoms. The quantitative estimate of drug-likeness (QED) is 0.646. The molecule has 1 N–H and O–H groups in total. The molecule has 0 spiro atoms. The van der Waals surface area contributed by atoms with Gasteiger partial charge in [0.2, 0.25) is 0 Å². The topological polar surface area (TPSA) is 57.6 Å². The normalized spacial score (nSPS) is 16.2. The number of carbonyl (C=O) groups excluding carboxylic acids is 1. The second kappa shape index (κ2) is 6.84. The molecule has 2 heterocycles. The summed E-state index contributed by atoms with van der Waals surface area (Å²) in [4.78, 5) is 25.2. The number of halogens is 1. The second-order valence-electron chi connectivity index (χ2n) is 4.88. The summed E-state index contributed by atoms with van der Waals surface area (Å²) in [5.74, 6) is -1.92. The minimum absolute atomic E-state index is 0.203. The van der Waals surface area contributed by atoms with Crippen molar-refractivity contribution in [1.82, 2.24) is 4.90 Å². The molecule has 1 aromatic carbocycles. The highest BCUT2D eigenvalue weighted by Crippen LogP contribution is 2.34. The Morgan fingerprint density at radius 2 is 2.17 bits per heavy atom. The maximum Gasteiger partial charge on any atom is 0.323 e. The van der Waals surface area contributed by atoms with Gasteiger partial charge in [0.15, 0.2) is 0 Å². The zero-order valence-corrected chi connectivity index (χ0v) is 14.5. The minimum atomic E-state index is -1.13. The zero-order chi connectivity index (χ0) is 17.3. The Morgan fingerprint density at radius 3 is 2.83 bits per heavy atom. The van der Waals surface area contributed by atoms with E-state index in [0.717, 1.165) is 21.5 Å². The van der Waals surface area contributed by atoms with Gasteiger partial charge in [0.05, 0.1) is 4.91 Å². The highest BCUT2D eigenvalue weighted by Gasteiger charge is 2.33. The van der Waals surface area contributed by atoms with E-state index < -0.39 is 18.4 Å². The number of benzene rings is 1. The maximum atomic E-state index is 14.0. The van der Waals surface area contributed by atoms with Crippen LogP contribution in [0.4, 0.5) is 4.39 Å². The molecule has 1 aliphatic heterocycles. The fourth-order valence-corrected chi connectivity index (χ4v) is 4.18. The number of carboxylic acids is 1. The SMILES string of the molecule is O=C(O)CN1C(=O)/C(=C\c2ccc(F)c(-c3cccs3)c2)SC1=S. The first-order valence-electron chi connectivity index (χ1n) is 6.76. The molecule has 3 rings (SSSR count). The number of carbonyl (C=O) groups is 2. The first-order valence-corrected chi connectivity index (χ1v) is 8.87. The van der Waals surface area contributed by atoms with E-state index in [9.17, 15) is 14.0 Å². The standard InChI is InChI=1S/C16H10FNO3S3/c17-11-4-3-9(6-10(11)12-2-1-5-23-12)7-13-15(21)18(8-14(19)20)16(22)24-13/h1-7H,8H2,(H,19,20)/b13-7+. The van der Waals surface area contributed by atoms with Gasteiger partial charge in [-0.1, -0.05) is 36.1 Å². The van der Waals surface area contributed by atoms with Crippen LogP contribution in [0.1, 0.15) is 5.56 Å². The molecular formula is C16H10FNO3S3. The molecule has 1 fully saturated rings. The van der Waals surface area contributed by atoms with E-state index in [4.69, 9.17) is 17.3 Å². The van der Waals surface area contributed by atoms with Crippen molar-refractivity contribution in [2.24, 2.45) is 0 Å². The summed E-state index contributed by atoms with van der Waals surface area (Å²) in [7, 11) is 0. The number of hydrogen-bond donors (Lipinski definition) is 1. The van der Waals surface area contributed by atoms with Gasteiger partial charge in [-0.15, -0.1) is 11.3 Å². The fourth-order valence-electron chi connectivity index (χ4n) is 2.18. The highest BCUT2D eigenvalue weighted by atomic mass is 32.2. The van der Waals surface area contributed by atoms with Crippen molar-refractivity contribution in [2.45, 2.75) is 0 Å². The van der Waals surface area contributed by atoms with Crippen molar-refractivity contribution in [3.8, 4) is 10.4 Å². The van der Waals surface area contributed by atoms with E-state index in [1.807, 2.05) is 17.5 Å². The molecule has 1 saturated heterocycles. The number of carboxylic acid groups (broad SMARTS) is 1. The molecule has 0 radical (unpaired) electrons. The van der Waals surface area contributed by atoms with Crippen molar-refractivity contribution in [3.63, 3.8) is 0 Å². The monoisotopic (exact) mass is 379 g/mol. The summed E-state index contributed by atoms with van der Waals surface area (Å²) >= 11 is 7.51. The molecule has 8 heteroatoms. The Balaban J connectivity index is 1.92. The average Bonchev–Trinajstić information content (AvgIpc) is 3.14. The highest BCUT2D eigenvalue weighted by molar-refractivity contribution is 8.26. The van der Waals surface area contributed by atoms with Gasteiger partial charge < -0.3 is 5.11 Å². The number of hydrogen-bond acceptors (Lipinski definition) is 5. The lowest BCUT2D eigenvalue weighted by molar-refractivity contribution is -0.140. The minimum Gasteiger partial charge on any atom is -0.480 e. The Labute approximate surface area is 150 Å². The van der Waals surface area contributed by atoms with Crippen LogP contribution in [0.3, 0.4) is 0 Å². The van der Waals surface area contributed by atoms with Crippen molar-refractivity contribution >= 4 is 57.6 Å². The van der Waals surface area contributed by atoms with Gasteiger partial charge in [0.25, 0.3) is 5.91 Å². The van der Waals surface area contributed by atoms with Crippen molar-refractivity contribution in [2.75, 3.05) is 6.54 Å². The first kappa shape index (κ1) is 16.8. The Kier molecular flexibility index (Phi) is 4.79. The molecule has 0 unspecified atom stereocenters. The van der Waals surface area contributed by atoms with E-state index in [1.54, 1.807) is 18.2 Å². The molecule has 2 aromatic rings. The summed E-state index contributed by atoms with van der Waals surface area (Å²) < 4.78 is 14.2. The third-order valence-corrected chi connectivity index (χ3v) is 5.52. The van der Waals surface area contributed by atoms with Gasteiger partial charge >= 0.3 is 5.97 Å². The van der Waals surface area contributed by atoms with Gasteiger partial charge in [0, 0.05) is 10.4 Å². The average molecular weight is 379 g/mol. The predicted molar refractivity (Wildman–Crippen MR) is 97.2 cm³/mol. The fraction of sp³-hybridized carbons (Fsp3) is 0.0625. The van der Waals surface area contributed by atoms with Crippen LogP contribution < -0.4 is 0 Å². The van der Waals surface area contributed by atoms with Crippen LogP contribution in [0.2, 0.25) is 0 Å². The summed E-state index contributed by atoms with van der Waals surface area (Å²) in [6.45, 7) is -0.466. The van der Waals surface area contributed by atoms with Crippen molar-refractivity contribution < 1.29 is 19.1 Å². The Bertz CT molecular complexity index is 861. The van der Waals surface area contributed by atoms with E-state index >= 15 is 0 Å². The van der Waals surface area contributed by atoms with Crippen LogP contribution in [-0.4, -0.2) is 32.7 Å². The van der Waals surface area contributed by atoms with E-state index in [1.165, 1.54) is 17.4 Å². The zero-order valence-electron chi connectivity index (χ0n) is 12.1. The molecule has 122 valence electrons. The van der Waals surface area contributed by atoms with Gasteiger partial charge in [-0.2, -0.15) is 0 Å². The van der Waals surface area contributed by atoms with Crippen molar-refractivity contribution in [3.05, 3.63) is 52.0 Å². The Morgan fingerprint density at radius 1 is 1.38 bits per heavy atom. The number of rotatable bonds is 4. The van der Waals surface area contributed by atoms with Crippen LogP contribution in [-0.2, 0) is 9.59 Å². The van der Waals surface area contributed by atoms with Crippen LogP contribution in [0.5, 0.6) is 0 Å². The van der Waals surface area contributed by atoms with Crippen LogP contribution in [0, 0.1) is 5.82 Å². The molecule has 0 bridgehead atoms. The van der Waals surface area contributed by atoms with E-state index in [2.05, 4.69) is 0 Å².